The van der Waals surface area contributed by atoms with E-state index in [0.717, 1.165) is 32.0 Å². The molecule has 0 saturated carbocycles. The monoisotopic (exact) mass is 368 g/mol. The predicted octanol–water partition coefficient (Wildman–Crippen LogP) is 1.52. The zero-order chi connectivity index (χ0) is 18.7. The molecule has 1 aromatic rings. The Kier molecular flexibility index (Phi) is 5.89. The molecular formula is C19H26F2N2O3. The molecule has 5 nitrogen and oxygen atoms in total. The molecule has 1 atom stereocenters. The summed E-state index contributed by atoms with van der Waals surface area (Å²) < 4.78 is 27.3. The third-order valence-corrected chi connectivity index (χ3v) is 5.55. The summed E-state index contributed by atoms with van der Waals surface area (Å²) in [7, 11) is 0. The van der Waals surface area contributed by atoms with Gasteiger partial charge in [-0.25, -0.2) is 8.78 Å². The summed E-state index contributed by atoms with van der Waals surface area (Å²) >= 11 is 0. The molecule has 0 aromatic heterocycles. The minimum Gasteiger partial charge on any atom is -0.396 e. The highest BCUT2D eigenvalue weighted by atomic mass is 19.2. The van der Waals surface area contributed by atoms with Gasteiger partial charge in [0.15, 0.2) is 17.2 Å². The van der Waals surface area contributed by atoms with Gasteiger partial charge < -0.3 is 15.1 Å². The molecule has 26 heavy (non-hydrogen) atoms. The van der Waals surface area contributed by atoms with Gasteiger partial charge in [-0.2, -0.15) is 0 Å². The Hall–Kier alpha value is -1.57. The summed E-state index contributed by atoms with van der Waals surface area (Å²) in [5.74, 6) is -2.01. The fourth-order valence-electron chi connectivity index (χ4n) is 3.94. The minimum atomic E-state index is -1.49. The number of rotatable bonds is 5. The van der Waals surface area contributed by atoms with Crippen LogP contribution in [0.2, 0.25) is 0 Å². The number of aliphatic hydroxyl groups is 2. The third kappa shape index (κ3) is 4.05. The van der Waals surface area contributed by atoms with Gasteiger partial charge in [0.2, 0.25) is 0 Å². The van der Waals surface area contributed by atoms with Crippen LogP contribution >= 0.6 is 0 Å². The maximum absolute atomic E-state index is 13.9. The van der Waals surface area contributed by atoms with Crippen LogP contribution in [-0.4, -0.2) is 64.3 Å². The van der Waals surface area contributed by atoms with E-state index in [-0.39, 0.29) is 31.2 Å². The number of piperidine rings is 2. The Labute approximate surface area is 152 Å². The summed E-state index contributed by atoms with van der Waals surface area (Å²) in [6.45, 7) is 2.26. The van der Waals surface area contributed by atoms with E-state index < -0.39 is 23.1 Å². The quantitative estimate of drug-likeness (QED) is 0.827. The number of hydrogen-bond acceptors (Lipinski definition) is 4. The van der Waals surface area contributed by atoms with Crippen LogP contribution in [0.4, 0.5) is 8.78 Å². The van der Waals surface area contributed by atoms with Gasteiger partial charge in [-0.1, -0.05) is 12.1 Å². The van der Waals surface area contributed by atoms with E-state index in [4.69, 9.17) is 0 Å². The summed E-state index contributed by atoms with van der Waals surface area (Å²) in [6.07, 6.45) is 2.68. The normalized spacial score (nSPS) is 25.7. The first-order valence-electron chi connectivity index (χ1n) is 9.21. The van der Waals surface area contributed by atoms with Gasteiger partial charge in [-0.3, -0.25) is 9.69 Å². The van der Waals surface area contributed by atoms with Gasteiger partial charge in [0.1, 0.15) is 0 Å². The molecule has 2 saturated heterocycles. The molecule has 3 rings (SSSR count). The van der Waals surface area contributed by atoms with Crippen LogP contribution < -0.4 is 0 Å². The Balaban J connectivity index is 1.65. The lowest BCUT2D eigenvalue weighted by atomic mass is 9.89. The van der Waals surface area contributed by atoms with E-state index >= 15 is 0 Å². The number of halogens is 2. The topological polar surface area (TPSA) is 64.0 Å². The number of likely N-dealkylation sites (tertiary alicyclic amines) is 2. The lowest BCUT2D eigenvalue weighted by Gasteiger charge is -2.42. The van der Waals surface area contributed by atoms with E-state index in [1.54, 1.807) is 0 Å². The van der Waals surface area contributed by atoms with Crippen molar-refractivity contribution in [2.75, 3.05) is 32.8 Å². The number of carbonyl (C=O) groups is 1. The molecular weight excluding hydrogens is 342 g/mol. The van der Waals surface area contributed by atoms with Gasteiger partial charge in [-0.15, -0.1) is 0 Å². The number of hydrogen-bond donors (Lipinski definition) is 2. The number of amides is 1. The average Bonchev–Trinajstić information content (AvgIpc) is 2.63. The third-order valence-electron chi connectivity index (χ3n) is 5.55. The van der Waals surface area contributed by atoms with Gasteiger partial charge in [0, 0.05) is 31.8 Å². The van der Waals surface area contributed by atoms with Crippen molar-refractivity contribution in [3.63, 3.8) is 0 Å². The Bertz CT molecular complexity index is 650. The van der Waals surface area contributed by atoms with E-state index in [1.807, 2.05) is 0 Å². The summed E-state index contributed by atoms with van der Waals surface area (Å²) in [5, 5.41) is 20.2. The van der Waals surface area contributed by atoms with E-state index in [1.165, 1.54) is 17.0 Å². The molecule has 1 unspecified atom stereocenters. The molecule has 2 heterocycles. The van der Waals surface area contributed by atoms with Crippen LogP contribution in [0.15, 0.2) is 18.2 Å². The van der Waals surface area contributed by atoms with Gasteiger partial charge >= 0.3 is 0 Å². The number of β-amino-alcohol motifs (C(OH)–C–C–N with tert-alkyl or cyclic N) is 1. The molecule has 1 aromatic carbocycles. The van der Waals surface area contributed by atoms with E-state index in [9.17, 15) is 23.8 Å². The molecule has 0 radical (unpaired) electrons. The maximum atomic E-state index is 13.9. The first-order valence-corrected chi connectivity index (χ1v) is 9.21. The fourth-order valence-corrected chi connectivity index (χ4v) is 3.94. The Morgan fingerprint density at radius 2 is 1.92 bits per heavy atom. The van der Waals surface area contributed by atoms with Crippen molar-refractivity contribution >= 4 is 5.91 Å². The smallest absolute Gasteiger partial charge is 0.256 e. The molecule has 2 aliphatic heterocycles. The zero-order valence-electron chi connectivity index (χ0n) is 14.8. The second-order valence-electron chi connectivity index (χ2n) is 7.48. The van der Waals surface area contributed by atoms with E-state index in [0.29, 0.717) is 19.4 Å². The number of aliphatic hydroxyl groups excluding tert-OH is 1. The van der Waals surface area contributed by atoms with Gasteiger partial charge in [0.25, 0.3) is 5.91 Å². The molecule has 7 heteroatoms. The molecule has 1 amide bonds. The zero-order valence-corrected chi connectivity index (χ0v) is 14.8. The first kappa shape index (κ1) is 19.2. The van der Waals surface area contributed by atoms with Crippen LogP contribution in [0.3, 0.4) is 0 Å². The fraction of sp³-hybridized carbons (Fsp3) is 0.632. The average molecular weight is 368 g/mol. The highest BCUT2D eigenvalue weighted by Gasteiger charge is 2.43. The molecule has 144 valence electrons. The van der Waals surface area contributed by atoms with Crippen molar-refractivity contribution in [3.8, 4) is 0 Å². The van der Waals surface area contributed by atoms with Crippen LogP contribution in [0.5, 0.6) is 0 Å². The van der Waals surface area contributed by atoms with Crippen molar-refractivity contribution in [3.05, 3.63) is 35.4 Å². The molecule has 2 fully saturated rings. The van der Waals surface area contributed by atoms with Crippen molar-refractivity contribution in [1.29, 1.82) is 0 Å². The molecule has 0 spiro atoms. The molecule has 2 aliphatic rings. The lowest BCUT2D eigenvalue weighted by Crippen LogP contribution is -2.59. The molecule has 2 N–H and O–H groups in total. The second kappa shape index (κ2) is 7.98. The highest BCUT2D eigenvalue weighted by molar-refractivity contribution is 5.86. The summed E-state index contributed by atoms with van der Waals surface area (Å²) in [5.41, 5.74) is -1.37. The number of nitrogens with zero attached hydrogens (tertiary/aromatic N) is 2. The lowest BCUT2D eigenvalue weighted by molar-refractivity contribution is -0.160. The number of carbonyl (C=O) groups excluding carboxylic acids is 1. The van der Waals surface area contributed by atoms with Crippen molar-refractivity contribution < 1.29 is 23.8 Å². The first-order chi connectivity index (χ1) is 12.4. The highest BCUT2D eigenvalue weighted by Crippen LogP contribution is 2.28. The van der Waals surface area contributed by atoms with Gasteiger partial charge in [-0.05, 0) is 50.8 Å². The molecule has 0 aliphatic carbocycles. The van der Waals surface area contributed by atoms with Crippen molar-refractivity contribution in [2.45, 2.75) is 37.8 Å². The summed E-state index contributed by atoms with van der Waals surface area (Å²) in [6, 6.07) is 3.92. The second-order valence-corrected chi connectivity index (χ2v) is 7.48. The van der Waals surface area contributed by atoms with Crippen molar-refractivity contribution in [2.24, 2.45) is 5.92 Å². The number of benzene rings is 1. The van der Waals surface area contributed by atoms with Gasteiger partial charge in [0.05, 0.1) is 0 Å². The largest absolute Gasteiger partial charge is 0.396 e. The predicted molar refractivity (Wildman–Crippen MR) is 92.2 cm³/mol. The molecule has 0 bridgehead atoms. The SMILES string of the molecule is O=C1N(Cc2cccc(F)c2F)CCCC1(O)CN1CCC(CO)CC1. The van der Waals surface area contributed by atoms with Crippen LogP contribution in [0.25, 0.3) is 0 Å². The standard InChI is InChI=1S/C19H26F2N2O3/c20-16-4-1-3-15(17(16)21)11-23-8-2-7-19(26,18(23)25)13-22-9-5-14(12-24)6-10-22/h1,3-4,14,24,26H,2,5-13H2. The minimum absolute atomic E-state index is 0.0443. The van der Waals surface area contributed by atoms with E-state index in [2.05, 4.69) is 4.90 Å². The maximum Gasteiger partial charge on any atom is 0.256 e. The van der Waals surface area contributed by atoms with Crippen molar-refractivity contribution in [1.82, 2.24) is 9.80 Å². The van der Waals surface area contributed by atoms with Crippen LogP contribution in [0.1, 0.15) is 31.2 Å². The van der Waals surface area contributed by atoms with Crippen LogP contribution in [-0.2, 0) is 11.3 Å². The van der Waals surface area contributed by atoms with Crippen LogP contribution in [0, 0.1) is 17.6 Å². The summed E-state index contributed by atoms with van der Waals surface area (Å²) in [4.78, 5) is 16.3. The Morgan fingerprint density at radius 1 is 1.19 bits per heavy atom. The Morgan fingerprint density at radius 3 is 2.62 bits per heavy atom.